The molecule has 0 unspecified atom stereocenters. The normalized spacial score (nSPS) is 17.6. The lowest BCUT2D eigenvalue weighted by Gasteiger charge is -2.41. The number of piperidine rings is 1. The Morgan fingerprint density at radius 3 is 2.72 bits per heavy atom. The fraction of sp³-hybridized carbons (Fsp3) is 0.286. The molecule has 11 heteroatoms. The van der Waals surface area contributed by atoms with E-state index in [1.807, 2.05) is 16.8 Å². The van der Waals surface area contributed by atoms with Crippen LogP contribution in [-0.2, 0) is 18.5 Å². The van der Waals surface area contributed by atoms with Crippen molar-refractivity contribution in [1.82, 2.24) is 34.5 Å². The van der Waals surface area contributed by atoms with E-state index in [9.17, 15) is 4.39 Å². The molecule has 1 aliphatic rings. The molecular weight excluding hydrogens is 495 g/mol. The standard InChI is InChI=1S/C28H29FN10/c1-2-21-11-32-13-24(37-21)28(31)8-3-9-38(15-28)23-12-33-22(18-4-6-20(29)7-5-18)10-19(23)14-39-17-36-25-26(30)34-16-35-27(25)39/h4-7,10-13,16-17H,2-3,8-9,14-15,31H2,1H3,(H2,30,34,35)/t28-/m1/s1. The van der Waals surface area contributed by atoms with E-state index in [1.165, 1.54) is 18.5 Å². The first kappa shape index (κ1) is 24.8. The minimum Gasteiger partial charge on any atom is -0.382 e. The fourth-order valence-corrected chi connectivity index (χ4v) is 5.19. The van der Waals surface area contributed by atoms with Crippen LogP contribution in [0, 0.1) is 5.82 Å². The first-order valence-corrected chi connectivity index (χ1v) is 12.9. The third-order valence-corrected chi connectivity index (χ3v) is 7.30. The Balaban J connectivity index is 1.40. The molecule has 5 heterocycles. The van der Waals surface area contributed by atoms with Crippen LogP contribution in [0.5, 0.6) is 0 Å². The van der Waals surface area contributed by atoms with Crippen molar-refractivity contribution in [3.05, 3.63) is 84.3 Å². The average molecular weight is 525 g/mol. The number of pyridine rings is 1. The number of imidazole rings is 1. The number of nitrogens with two attached hydrogens (primary N) is 2. The molecule has 1 fully saturated rings. The highest BCUT2D eigenvalue weighted by Crippen LogP contribution is 2.34. The Bertz CT molecular complexity index is 1630. The monoisotopic (exact) mass is 524 g/mol. The first-order valence-electron chi connectivity index (χ1n) is 12.9. The summed E-state index contributed by atoms with van der Waals surface area (Å²) in [6, 6.07) is 8.36. The van der Waals surface area contributed by atoms with Crippen LogP contribution in [-0.4, -0.2) is 47.6 Å². The van der Waals surface area contributed by atoms with Gasteiger partial charge in [0.25, 0.3) is 0 Å². The Hall–Kier alpha value is -4.51. The number of anilines is 2. The summed E-state index contributed by atoms with van der Waals surface area (Å²) in [7, 11) is 0. The van der Waals surface area contributed by atoms with E-state index in [0.717, 1.165) is 59.7 Å². The summed E-state index contributed by atoms with van der Waals surface area (Å²) in [5.41, 5.74) is 18.8. The van der Waals surface area contributed by atoms with Gasteiger partial charge >= 0.3 is 0 Å². The van der Waals surface area contributed by atoms with Gasteiger partial charge in [0, 0.05) is 24.8 Å². The van der Waals surface area contributed by atoms with Crippen LogP contribution in [0.25, 0.3) is 22.4 Å². The van der Waals surface area contributed by atoms with Gasteiger partial charge in [-0.15, -0.1) is 0 Å². The molecule has 0 amide bonds. The summed E-state index contributed by atoms with van der Waals surface area (Å²) in [6.45, 7) is 3.92. The van der Waals surface area contributed by atoms with Gasteiger partial charge in [-0.05, 0) is 55.2 Å². The third kappa shape index (κ3) is 4.76. The Kier molecular flexibility index (Phi) is 6.35. The lowest BCUT2D eigenvalue weighted by atomic mass is 9.86. The lowest BCUT2D eigenvalue weighted by molar-refractivity contribution is 0.343. The van der Waals surface area contributed by atoms with Crippen LogP contribution in [0.4, 0.5) is 15.9 Å². The van der Waals surface area contributed by atoms with Crippen LogP contribution < -0.4 is 16.4 Å². The molecule has 1 aliphatic heterocycles. The quantitative estimate of drug-likeness (QED) is 0.342. The predicted molar refractivity (Wildman–Crippen MR) is 147 cm³/mol. The topological polar surface area (TPSA) is 138 Å². The van der Waals surface area contributed by atoms with E-state index in [-0.39, 0.29) is 5.82 Å². The zero-order chi connectivity index (χ0) is 27.0. The van der Waals surface area contributed by atoms with Gasteiger partial charge in [-0.3, -0.25) is 15.0 Å². The van der Waals surface area contributed by atoms with Crippen LogP contribution in [0.1, 0.15) is 36.7 Å². The molecular formula is C28H29FN10. The van der Waals surface area contributed by atoms with Crippen molar-refractivity contribution >= 4 is 22.7 Å². The highest BCUT2D eigenvalue weighted by molar-refractivity contribution is 5.81. The van der Waals surface area contributed by atoms with Crippen molar-refractivity contribution in [2.75, 3.05) is 23.7 Å². The fourth-order valence-electron chi connectivity index (χ4n) is 5.19. The molecule has 4 N–H and O–H groups in total. The van der Waals surface area contributed by atoms with Crippen molar-refractivity contribution < 1.29 is 4.39 Å². The largest absolute Gasteiger partial charge is 0.382 e. The number of benzene rings is 1. The molecule has 6 rings (SSSR count). The maximum Gasteiger partial charge on any atom is 0.165 e. The molecule has 0 spiro atoms. The molecule has 39 heavy (non-hydrogen) atoms. The third-order valence-electron chi connectivity index (χ3n) is 7.30. The molecule has 0 aliphatic carbocycles. The van der Waals surface area contributed by atoms with Crippen molar-refractivity contribution in [1.29, 1.82) is 0 Å². The smallest absolute Gasteiger partial charge is 0.165 e. The average Bonchev–Trinajstić information content (AvgIpc) is 3.37. The van der Waals surface area contributed by atoms with E-state index in [2.05, 4.69) is 31.8 Å². The van der Waals surface area contributed by atoms with Gasteiger partial charge in [0.1, 0.15) is 17.7 Å². The number of halogens is 1. The van der Waals surface area contributed by atoms with E-state index in [1.54, 1.807) is 30.9 Å². The summed E-state index contributed by atoms with van der Waals surface area (Å²) in [4.78, 5) is 29.1. The minimum atomic E-state index is -0.646. The molecule has 0 radical (unpaired) electrons. The first-order chi connectivity index (χ1) is 18.9. The summed E-state index contributed by atoms with van der Waals surface area (Å²) in [5, 5.41) is 0. The number of hydrogen-bond acceptors (Lipinski definition) is 9. The number of aryl methyl sites for hydroxylation is 1. The number of aromatic nitrogens is 7. The van der Waals surface area contributed by atoms with E-state index < -0.39 is 5.54 Å². The molecule has 0 saturated carbocycles. The van der Waals surface area contributed by atoms with Crippen molar-refractivity contribution in [2.24, 2.45) is 5.73 Å². The molecule has 10 nitrogen and oxygen atoms in total. The number of nitrogen functional groups attached to an aromatic ring is 1. The van der Waals surface area contributed by atoms with E-state index >= 15 is 0 Å². The van der Waals surface area contributed by atoms with E-state index in [0.29, 0.717) is 30.1 Å². The second kappa shape index (κ2) is 9.99. The molecule has 4 aromatic heterocycles. The van der Waals surface area contributed by atoms with Gasteiger partial charge in [0.2, 0.25) is 0 Å². The SMILES string of the molecule is CCc1cncc([C@@]2(N)CCCN(c3cnc(-c4ccc(F)cc4)cc3Cn3cnc4c(N)ncnc43)C2)n1. The van der Waals surface area contributed by atoms with Crippen molar-refractivity contribution in [3.63, 3.8) is 0 Å². The van der Waals surface area contributed by atoms with Crippen molar-refractivity contribution in [2.45, 2.75) is 38.3 Å². The van der Waals surface area contributed by atoms with Gasteiger partial charge < -0.3 is 20.9 Å². The van der Waals surface area contributed by atoms with Crippen LogP contribution in [0.2, 0.25) is 0 Å². The summed E-state index contributed by atoms with van der Waals surface area (Å²) in [6.07, 6.45) is 11.1. The number of rotatable bonds is 6. The zero-order valence-corrected chi connectivity index (χ0v) is 21.6. The van der Waals surface area contributed by atoms with Gasteiger partial charge in [-0.2, -0.15) is 0 Å². The van der Waals surface area contributed by atoms with Gasteiger partial charge in [-0.25, -0.2) is 19.3 Å². The van der Waals surface area contributed by atoms with E-state index in [4.69, 9.17) is 21.4 Å². The number of nitrogens with zero attached hydrogens (tertiary/aromatic N) is 8. The summed E-state index contributed by atoms with van der Waals surface area (Å²) >= 11 is 0. The maximum absolute atomic E-state index is 13.6. The molecule has 1 atom stereocenters. The maximum atomic E-state index is 13.6. The highest BCUT2D eigenvalue weighted by Gasteiger charge is 2.36. The second-order valence-corrected chi connectivity index (χ2v) is 9.94. The van der Waals surface area contributed by atoms with Crippen LogP contribution >= 0.6 is 0 Å². The minimum absolute atomic E-state index is 0.291. The Morgan fingerprint density at radius 2 is 1.90 bits per heavy atom. The zero-order valence-electron chi connectivity index (χ0n) is 21.6. The Labute approximate surface area is 225 Å². The molecule has 198 valence electrons. The van der Waals surface area contributed by atoms with Crippen molar-refractivity contribution in [3.8, 4) is 11.3 Å². The molecule has 1 aromatic carbocycles. The summed E-state index contributed by atoms with van der Waals surface area (Å²) in [5.74, 6) is 0.0423. The van der Waals surface area contributed by atoms with Gasteiger partial charge in [0.05, 0.1) is 53.6 Å². The number of hydrogen-bond donors (Lipinski definition) is 2. The number of fused-ring (bicyclic) bond motifs is 1. The van der Waals surface area contributed by atoms with Gasteiger partial charge in [0.15, 0.2) is 11.5 Å². The Morgan fingerprint density at radius 1 is 1.05 bits per heavy atom. The van der Waals surface area contributed by atoms with Crippen LogP contribution in [0.3, 0.4) is 0 Å². The predicted octanol–water partition coefficient (Wildman–Crippen LogP) is 3.46. The molecule has 0 bridgehead atoms. The second-order valence-electron chi connectivity index (χ2n) is 9.94. The van der Waals surface area contributed by atoms with Crippen LogP contribution in [0.15, 0.2) is 61.6 Å². The molecule has 5 aromatic rings. The lowest BCUT2D eigenvalue weighted by Crippen LogP contribution is -2.52. The highest BCUT2D eigenvalue weighted by atomic mass is 19.1. The summed E-state index contributed by atoms with van der Waals surface area (Å²) < 4.78 is 15.5. The van der Waals surface area contributed by atoms with Gasteiger partial charge in [-0.1, -0.05) is 6.92 Å². The molecule has 1 saturated heterocycles.